The van der Waals surface area contributed by atoms with E-state index in [1.54, 1.807) is 11.8 Å². The molecular formula is C13H22N4S. The molecule has 1 unspecified atom stereocenters. The lowest BCUT2D eigenvalue weighted by Crippen LogP contribution is -2.31. The number of rotatable bonds is 6. The summed E-state index contributed by atoms with van der Waals surface area (Å²) < 4.78 is 0. The number of thioether (sulfide) groups is 1. The van der Waals surface area contributed by atoms with E-state index in [0.29, 0.717) is 6.04 Å². The first-order valence-corrected chi connectivity index (χ1v) is 7.78. The maximum Gasteiger partial charge on any atom is 0.191 e. The van der Waals surface area contributed by atoms with Gasteiger partial charge in [0.05, 0.1) is 0 Å². The minimum Gasteiger partial charge on any atom is -0.370 e. The molecule has 0 amide bonds. The second-order valence-corrected chi connectivity index (χ2v) is 5.59. The van der Waals surface area contributed by atoms with Gasteiger partial charge in [-0.3, -0.25) is 0 Å². The summed E-state index contributed by atoms with van der Waals surface area (Å²) in [5, 5.41) is 4.10. The predicted octanol–water partition coefficient (Wildman–Crippen LogP) is 2.87. The van der Waals surface area contributed by atoms with Gasteiger partial charge in [-0.25, -0.2) is 9.97 Å². The van der Waals surface area contributed by atoms with Gasteiger partial charge in [0.2, 0.25) is 0 Å². The van der Waals surface area contributed by atoms with Gasteiger partial charge in [-0.05, 0) is 38.9 Å². The lowest BCUT2D eigenvalue weighted by Gasteiger charge is -2.26. The van der Waals surface area contributed by atoms with E-state index in [1.165, 1.54) is 12.8 Å². The third-order valence-corrected chi connectivity index (χ3v) is 4.06. The van der Waals surface area contributed by atoms with Crippen LogP contribution in [0.2, 0.25) is 0 Å². The summed E-state index contributed by atoms with van der Waals surface area (Å²) in [6.07, 6.45) is 4.72. The van der Waals surface area contributed by atoms with Crippen LogP contribution in [-0.2, 0) is 0 Å². The van der Waals surface area contributed by atoms with E-state index in [0.717, 1.165) is 29.3 Å². The van der Waals surface area contributed by atoms with Crippen molar-refractivity contribution in [3.63, 3.8) is 0 Å². The van der Waals surface area contributed by atoms with Crippen LogP contribution in [0, 0.1) is 5.92 Å². The molecule has 0 radical (unpaired) electrons. The van der Waals surface area contributed by atoms with Crippen LogP contribution in [0.25, 0.3) is 0 Å². The highest BCUT2D eigenvalue weighted by Gasteiger charge is 2.31. The summed E-state index contributed by atoms with van der Waals surface area (Å²) >= 11 is 1.59. The van der Waals surface area contributed by atoms with Gasteiger partial charge >= 0.3 is 0 Å². The van der Waals surface area contributed by atoms with Crippen LogP contribution in [0.1, 0.15) is 26.7 Å². The fourth-order valence-electron chi connectivity index (χ4n) is 2.06. The van der Waals surface area contributed by atoms with Gasteiger partial charge in [0.1, 0.15) is 11.6 Å². The summed E-state index contributed by atoms with van der Waals surface area (Å²) in [5.74, 6) is 2.77. The molecule has 2 rings (SSSR count). The van der Waals surface area contributed by atoms with Gasteiger partial charge < -0.3 is 10.2 Å². The number of anilines is 2. The summed E-state index contributed by atoms with van der Waals surface area (Å²) in [6, 6.07) is 2.60. The Labute approximate surface area is 114 Å². The van der Waals surface area contributed by atoms with Crippen molar-refractivity contribution in [1.29, 1.82) is 0 Å². The first-order chi connectivity index (χ1) is 8.65. The quantitative estimate of drug-likeness (QED) is 0.633. The molecule has 1 atom stereocenters. The maximum atomic E-state index is 4.60. The number of hydrogen-bond acceptors (Lipinski definition) is 5. The van der Waals surface area contributed by atoms with Crippen molar-refractivity contribution in [3.05, 3.63) is 6.07 Å². The van der Waals surface area contributed by atoms with Crippen molar-refractivity contribution in [1.82, 2.24) is 9.97 Å². The average Bonchev–Trinajstić information content (AvgIpc) is 3.21. The third-order valence-electron chi connectivity index (χ3n) is 3.51. The standard InChI is InChI=1S/C13H22N4S/c1-5-14-11-8-12(16-13(15-11)18-4)17(3)9(2)10-6-7-10/h8-10H,5-7H2,1-4H3,(H,14,15,16). The van der Waals surface area contributed by atoms with Crippen molar-refractivity contribution in [2.24, 2.45) is 5.92 Å². The minimum absolute atomic E-state index is 0.559. The van der Waals surface area contributed by atoms with E-state index in [1.807, 2.05) is 12.3 Å². The number of aromatic nitrogens is 2. The smallest absolute Gasteiger partial charge is 0.191 e. The highest BCUT2D eigenvalue weighted by Crippen LogP contribution is 2.36. The molecule has 1 N–H and O–H groups in total. The molecule has 1 saturated carbocycles. The van der Waals surface area contributed by atoms with Gasteiger partial charge in [-0.15, -0.1) is 0 Å². The Hall–Kier alpha value is -0.970. The lowest BCUT2D eigenvalue weighted by atomic mass is 10.2. The Balaban J connectivity index is 2.21. The lowest BCUT2D eigenvalue weighted by molar-refractivity contribution is 0.601. The van der Waals surface area contributed by atoms with Crippen molar-refractivity contribution in [3.8, 4) is 0 Å². The largest absolute Gasteiger partial charge is 0.370 e. The second-order valence-electron chi connectivity index (χ2n) is 4.82. The monoisotopic (exact) mass is 266 g/mol. The highest BCUT2D eigenvalue weighted by molar-refractivity contribution is 7.98. The molecule has 1 heterocycles. The molecule has 1 aliphatic carbocycles. The first-order valence-electron chi connectivity index (χ1n) is 6.55. The van der Waals surface area contributed by atoms with Crippen molar-refractivity contribution in [2.75, 3.05) is 30.1 Å². The molecule has 1 aromatic heterocycles. The minimum atomic E-state index is 0.559. The Morgan fingerprint density at radius 3 is 2.78 bits per heavy atom. The van der Waals surface area contributed by atoms with E-state index in [9.17, 15) is 0 Å². The van der Waals surface area contributed by atoms with Crippen LogP contribution in [0.4, 0.5) is 11.6 Å². The zero-order chi connectivity index (χ0) is 13.1. The predicted molar refractivity (Wildman–Crippen MR) is 78.6 cm³/mol. The molecule has 100 valence electrons. The van der Waals surface area contributed by atoms with Crippen molar-refractivity contribution >= 4 is 23.4 Å². The van der Waals surface area contributed by atoms with Gasteiger partial charge in [-0.2, -0.15) is 0 Å². The van der Waals surface area contributed by atoms with Crippen molar-refractivity contribution in [2.45, 2.75) is 37.9 Å². The van der Waals surface area contributed by atoms with Crippen LogP contribution < -0.4 is 10.2 Å². The Bertz CT molecular complexity index is 406. The Morgan fingerprint density at radius 2 is 2.22 bits per heavy atom. The van der Waals surface area contributed by atoms with Crippen LogP contribution in [0.5, 0.6) is 0 Å². The normalized spacial score (nSPS) is 16.4. The molecule has 5 heteroatoms. The van der Waals surface area contributed by atoms with Crippen molar-refractivity contribution < 1.29 is 0 Å². The average molecular weight is 266 g/mol. The second kappa shape index (κ2) is 5.78. The summed E-state index contributed by atoms with van der Waals surface area (Å²) in [6.45, 7) is 5.24. The van der Waals surface area contributed by atoms with Gasteiger partial charge in [0.15, 0.2) is 5.16 Å². The third kappa shape index (κ3) is 3.07. The fraction of sp³-hybridized carbons (Fsp3) is 0.692. The maximum absolute atomic E-state index is 4.60. The molecule has 0 aliphatic heterocycles. The number of nitrogens with zero attached hydrogens (tertiary/aromatic N) is 3. The van der Waals surface area contributed by atoms with Gasteiger partial charge in [0.25, 0.3) is 0 Å². The molecule has 4 nitrogen and oxygen atoms in total. The van der Waals surface area contributed by atoms with E-state index in [2.05, 4.69) is 41.1 Å². The molecule has 0 bridgehead atoms. The molecule has 1 fully saturated rings. The highest BCUT2D eigenvalue weighted by atomic mass is 32.2. The van der Waals surface area contributed by atoms with Crippen LogP contribution in [0.15, 0.2) is 11.2 Å². The van der Waals surface area contributed by atoms with Gasteiger partial charge in [-0.1, -0.05) is 11.8 Å². The molecule has 1 aliphatic rings. The first kappa shape index (κ1) is 13.5. The molecule has 1 aromatic rings. The van der Waals surface area contributed by atoms with Crippen LogP contribution in [-0.4, -0.2) is 35.9 Å². The van der Waals surface area contributed by atoms with E-state index >= 15 is 0 Å². The van der Waals surface area contributed by atoms with Gasteiger partial charge in [0, 0.05) is 25.7 Å². The van der Waals surface area contributed by atoms with Crippen LogP contribution in [0.3, 0.4) is 0 Å². The Morgan fingerprint density at radius 1 is 1.50 bits per heavy atom. The zero-order valence-corrected chi connectivity index (χ0v) is 12.4. The Kier molecular flexibility index (Phi) is 4.32. The number of hydrogen-bond donors (Lipinski definition) is 1. The summed E-state index contributed by atoms with van der Waals surface area (Å²) in [4.78, 5) is 11.3. The SMILES string of the molecule is CCNc1cc(N(C)C(C)C2CC2)nc(SC)n1. The molecular weight excluding hydrogens is 244 g/mol. The molecule has 0 saturated heterocycles. The van der Waals surface area contributed by atoms with E-state index in [4.69, 9.17) is 0 Å². The van der Waals surface area contributed by atoms with E-state index < -0.39 is 0 Å². The van der Waals surface area contributed by atoms with Crippen LogP contribution >= 0.6 is 11.8 Å². The zero-order valence-electron chi connectivity index (χ0n) is 11.6. The molecule has 0 aromatic carbocycles. The summed E-state index contributed by atoms with van der Waals surface area (Å²) in [5.41, 5.74) is 0. The molecule has 0 spiro atoms. The summed E-state index contributed by atoms with van der Waals surface area (Å²) in [7, 11) is 2.13. The topological polar surface area (TPSA) is 41.0 Å². The number of nitrogens with one attached hydrogen (secondary N) is 1. The van der Waals surface area contributed by atoms with E-state index in [-0.39, 0.29) is 0 Å². The fourth-order valence-corrected chi connectivity index (χ4v) is 2.43. The molecule has 18 heavy (non-hydrogen) atoms.